The lowest BCUT2D eigenvalue weighted by Gasteiger charge is -2.36. The SMILES string of the molecule is COC(=O)c1ccc(CN(C(=O)N2CCN(C)CC2)c2cccc(Cl)c2)c(F)c1. The highest BCUT2D eigenvalue weighted by molar-refractivity contribution is 6.30. The summed E-state index contributed by atoms with van der Waals surface area (Å²) in [7, 11) is 3.25. The molecule has 2 amide bonds. The van der Waals surface area contributed by atoms with Gasteiger partial charge in [0.1, 0.15) is 5.82 Å². The number of halogens is 2. The number of hydrogen-bond donors (Lipinski definition) is 0. The van der Waals surface area contributed by atoms with Crippen molar-refractivity contribution in [1.82, 2.24) is 9.80 Å². The number of nitrogens with zero attached hydrogens (tertiary/aromatic N) is 3. The van der Waals surface area contributed by atoms with Crippen molar-refractivity contribution in [2.45, 2.75) is 6.54 Å². The number of carbonyl (C=O) groups is 2. The summed E-state index contributed by atoms with van der Waals surface area (Å²) in [6, 6.07) is 10.8. The molecule has 154 valence electrons. The Hall–Kier alpha value is -2.64. The van der Waals surface area contributed by atoms with Gasteiger partial charge in [0, 0.05) is 42.5 Å². The van der Waals surface area contributed by atoms with Crippen LogP contribution in [0.2, 0.25) is 5.02 Å². The van der Waals surface area contributed by atoms with Crippen LogP contribution in [-0.2, 0) is 11.3 Å². The third-order valence-corrected chi connectivity index (χ3v) is 5.16. The first-order chi connectivity index (χ1) is 13.9. The fraction of sp³-hybridized carbons (Fsp3) is 0.333. The summed E-state index contributed by atoms with van der Waals surface area (Å²) in [6.45, 7) is 2.75. The molecule has 0 radical (unpaired) electrons. The second kappa shape index (κ2) is 9.24. The topological polar surface area (TPSA) is 53.1 Å². The Kier molecular flexibility index (Phi) is 6.71. The number of urea groups is 1. The number of benzene rings is 2. The molecule has 0 atom stereocenters. The van der Waals surface area contributed by atoms with E-state index in [4.69, 9.17) is 11.6 Å². The van der Waals surface area contributed by atoms with Crippen LogP contribution in [0.1, 0.15) is 15.9 Å². The molecular weight excluding hydrogens is 397 g/mol. The van der Waals surface area contributed by atoms with Crippen LogP contribution < -0.4 is 4.90 Å². The van der Waals surface area contributed by atoms with E-state index in [2.05, 4.69) is 9.64 Å². The Bertz CT molecular complexity index is 900. The van der Waals surface area contributed by atoms with Crippen LogP contribution >= 0.6 is 11.6 Å². The van der Waals surface area contributed by atoms with Gasteiger partial charge in [-0.3, -0.25) is 4.90 Å². The number of likely N-dealkylation sites (N-methyl/N-ethyl adjacent to an activating group) is 1. The van der Waals surface area contributed by atoms with E-state index in [9.17, 15) is 14.0 Å². The second-order valence-electron chi connectivity index (χ2n) is 6.94. The Morgan fingerprint density at radius 2 is 1.86 bits per heavy atom. The van der Waals surface area contributed by atoms with Crippen LogP contribution in [0.4, 0.5) is 14.9 Å². The molecule has 0 unspecified atom stereocenters. The molecule has 2 aromatic rings. The Morgan fingerprint density at radius 3 is 2.48 bits per heavy atom. The molecule has 0 saturated carbocycles. The summed E-state index contributed by atoms with van der Waals surface area (Å²) >= 11 is 6.12. The number of carbonyl (C=O) groups excluding carboxylic acids is 2. The maximum absolute atomic E-state index is 14.7. The summed E-state index contributed by atoms with van der Waals surface area (Å²) in [4.78, 5) is 30.3. The van der Waals surface area contributed by atoms with Gasteiger partial charge < -0.3 is 14.5 Å². The van der Waals surface area contributed by atoms with Crippen molar-refractivity contribution in [2.75, 3.05) is 45.2 Å². The zero-order chi connectivity index (χ0) is 21.0. The molecule has 0 aliphatic carbocycles. The van der Waals surface area contributed by atoms with Gasteiger partial charge in [0.05, 0.1) is 19.2 Å². The normalized spacial score (nSPS) is 14.6. The number of hydrogen-bond acceptors (Lipinski definition) is 4. The van der Waals surface area contributed by atoms with E-state index in [1.54, 1.807) is 29.2 Å². The number of methoxy groups -OCH3 is 1. The minimum atomic E-state index is -0.615. The molecule has 1 aliphatic heterocycles. The molecule has 1 aliphatic rings. The Balaban J connectivity index is 1.89. The summed E-state index contributed by atoms with van der Waals surface area (Å²) in [5.41, 5.74) is 0.992. The molecule has 1 fully saturated rings. The highest BCUT2D eigenvalue weighted by Crippen LogP contribution is 2.24. The van der Waals surface area contributed by atoms with Crippen LogP contribution in [0.25, 0.3) is 0 Å². The molecule has 3 rings (SSSR count). The second-order valence-corrected chi connectivity index (χ2v) is 7.37. The molecule has 6 nitrogen and oxygen atoms in total. The maximum atomic E-state index is 14.7. The average Bonchev–Trinajstić information content (AvgIpc) is 2.72. The van der Waals surface area contributed by atoms with Gasteiger partial charge in [0.25, 0.3) is 0 Å². The largest absolute Gasteiger partial charge is 0.465 e. The smallest absolute Gasteiger partial charge is 0.337 e. The lowest BCUT2D eigenvalue weighted by Crippen LogP contribution is -2.52. The van der Waals surface area contributed by atoms with Gasteiger partial charge in [-0.25, -0.2) is 14.0 Å². The van der Waals surface area contributed by atoms with Gasteiger partial charge in [0.2, 0.25) is 0 Å². The number of rotatable bonds is 4. The van der Waals surface area contributed by atoms with Crippen molar-refractivity contribution in [3.05, 3.63) is 64.4 Å². The molecule has 1 saturated heterocycles. The van der Waals surface area contributed by atoms with Crippen LogP contribution in [0.15, 0.2) is 42.5 Å². The fourth-order valence-electron chi connectivity index (χ4n) is 3.17. The molecule has 0 bridgehead atoms. The number of amides is 2. The van der Waals surface area contributed by atoms with Crippen molar-refractivity contribution in [3.8, 4) is 0 Å². The van der Waals surface area contributed by atoms with Crippen molar-refractivity contribution in [3.63, 3.8) is 0 Å². The third-order valence-electron chi connectivity index (χ3n) is 4.93. The van der Waals surface area contributed by atoms with E-state index in [0.29, 0.717) is 29.4 Å². The summed E-state index contributed by atoms with van der Waals surface area (Å²) < 4.78 is 19.3. The molecule has 0 spiro atoms. The van der Waals surface area contributed by atoms with Gasteiger partial charge in [-0.05, 0) is 37.4 Å². The highest BCUT2D eigenvalue weighted by atomic mass is 35.5. The van der Waals surface area contributed by atoms with Crippen LogP contribution in [0, 0.1) is 5.82 Å². The third kappa shape index (κ3) is 5.05. The molecule has 1 heterocycles. The summed E-state index contributed by atoms with van der Waals surface area (Å²) in [5.74, 6) is -1.19. The van der Waals surface area contributed by atoms with Gasteiger partial charge in [-0.2, -0.15) is 0 Å². The predicted octanol–water partition coefficient (Wildman–Crippen LogP) is 3.64. The van der Waals surface area contributed by atoms with Crippen molar-refractivity contribution in [1.29, 1.82) is 0 Å². The predicted molar refractivity (Wildman–Crippen MR) is 110 cm³/mol. The standard InChI is InChI=1S/C21H23ClFN3O3/c1-24-8-10-25(11-9-24)21(28)26(18-5-3-4-17(22)13-18)14-16-7-6-15(12-19(16)23)20(27)29-2/h3-7,12-13H,8-11,14H2,1-2H3. The molecule has 29 heavy (non-hydrogen) atoms. The minimum absolute atomic E-state index is 0.0127. The average molecular weight is 420 g/mol. The number of esters is 1. The Morgan fingerprint density at radius 1 is 1.14 bits per heavy atom. The van der Waals surface area contributed by atoms with E-state index in [0.717, 1.165) is 19.2 Å². The summed E-state index contributed by atoms with van der Waals surface area (Å²) in [5, 5.41) is 0.486. The van der Waals surface area contributed by atoms with E-state index in [-0.39, 0.29) is 18.1 Å². The van der Waals surface area contributed by atoms with Crippen LogP contribution in [0.5, 0.6) is 0 Å². The fourth-order valence-corrected chi connectivity index (χ4v) is 3.36. The van der Waals surface area contributed by atoms with E-state index < -0.39 is 11.8 Å². The van der Waals surface area contributed by atoms with E-state index in [1.807, 2.05) is 7.05 Å². The first-order valence-electron chi connectivity index (χ1n) is 9.26. The molecule has 2 aromatic carbocycles. The number of ether oxygens (including phenoxy) is 1. The molecule has 0 N–H and O–H groups in total. The van der Waals surface area contributed by atoms with Gasteiger partial charge >= 0.3 is 12.0 Å². The maximum Gasteiger partial charge on any atom is 0.337 e. The first-order valence-corrected chi connectivity index (χ1v) is 9.64. The van der Waals surface area contributed by atoms with Crippen molar-refractivity contribution in [2.24, 2.45) is 0 Å². The van der Waals surface area contributed by atoms with Gasteiger partial charge in [0.15, 0.2) is 0 Å². The van der Waals surface area contributed by atoms with Gasteiger partial charge in [-0.1, -0.05) is 23.7 Å². The highest BCUT2D eigenvalue weighted by Gasteiger charge is 2.26. The number of anilines is 1. The van der Waals surface area contributed by atoms with E-state index in [1.165, 1.54) is 24.1 Å². The lowest BCUT2D eigenvalue weighted by molar-refractivity contribution is 0.0600. The monoisotopic (exact) mass is 419 g/mol. The summed E-state index contributed by atoms with van der Waals surface area (Å²) in [6.07, 6.45) is 0. The number of piperazine rings is 1. The zero-order valence-electron chi connectivity index (χ0n) is 16.4. The molecule has 8 heteroatoms. The lowest BCUT2D eigenvalue weighted by atomic mass is 10.1. The van der Waals surface area contributed by atoms with Crippen LogP contribution in [-0.4, -0.2) is 62.1 Å². The first kappa shape index (κ1) is 21.1. The molecule has 0 aromatic heterocycles. The van der Waals surface area contributed by atoms with Crippen molar-refractivity contribution < 1.29 is 18.7 Å². The van der Waals surface area contributed by atoms with E-state index >= 15 is 0 Å². The quantitative estimate of drug-likeness (QED) is 0.710. The van der Waals surface area contributed by atoms with Gasteiger partial charge in [-0.15, -0.1) is 0 Å². The van der Waals surface area contributed by atoms with Crippen molar-refractivity contribution >= 4 is 29.3 Å². The zero-order valence-corrected chi connectivity index (χ0v) is 17.2. The Labute approximate surface area is 174 Å². The minimum Gasteiger partial charge on any atom is -0.465 e. The molecular formula is C21H23ClFN3O3. The van der Waals surface area contributed by atoms with Crippen LogP contribution in [0.3, 0.4) is 0 Å².